The molecule has 132 valence electrons. The van der Waals surface area contributed by atoms with E-state index in [1.54, 1.807) is 7.11 Å². The number of methoxy groups -OCH3 is 1. The predicted molar refractivity (Wildman–Crippen MR) is 97.4 cm³/mol. The Morgan fingerprint density at radius 1 is 1.29 bits per heavy atom. The zero-order valence-electron chi connectivity index (χ0n) is 15.5. The van der Waals surface area contributed by atoms with Crippen molar-refractivity contribution in [1.29, 1.82) is 0 Å². The summed E-state index contributed by atoms with van der Waals surface area (Å²) < 4.78 is 5.64. The Balaban J connectivity index is 2.26. The molecule has 3 heteroatoms. The number of ether oxygens (including phenoxy) is 1. The molecular formula is C21H30O3. The molecule has 3 nitrogen and oxygen atoms in total. The molecule has 24 heavy (non-hydrogen) atoms. The van der Waals surface area contributed by atoms with Gasteiger partial charge in [-0.05, 0) is 58.9 Å². The molecule has 0 aromatic heterocycles. The minimum Gasteiger partial charge on any atom is -0.496 e. The van der Waals surface area contributed by atoms with E-state index in [1.807, 2.05) is 0 Å². The maximum atomic E-state index is 10.9. The maximum absolute atomic E-state index is 10.9. The van der Waals surface area contributed by atoms with Crippen LogP contribution in [0.2, 0.25) is 0 Å². The number of fused-ring (bicyclic) bond motifs is 3. The highest BCUT2D eigenvalue weighted by Crippen LogP contribution is 2.56. The van der Waals surface area contributed by atoms with E-state index in [4.69, 9.17) is 4.74 Å². The first kappa shape index (κ1) is 17.5. The molecule has 0 aliphatic heterocycles. The smallest absolute Gasteiger partial charge is 0.122 e. The lowest BCUT2D eigenvalue weighted by Crippen LogP contribution is -2.57. The van der Waals surface area contributed by atoms with Crippen LogP contribution in [0.4, 0.5) is 0 Å². The molecule has 3 rings (SSSR count). The van der Waals surface area contributed by atoms with E-state index in [2.05, 4.69) is 52.0 Å². The van der Waals surface area contributed by atoms with Gasteiger partial charge in [-0.1, -0.05) is 39.8 Å². The summed E-state index contributed by atoms with van der Waals surface area (Å²) in [5.74, 6) is 1.32. The van der Waals surface area contributed by atoms with E-state index in [9.17, 15) is 10.2 Å². The summed E-state index contributed by atoms with van der Waals surface area (Å²) in [6.45, 7) is 8.73. The van der Waals surface area contributed by atoms with Crippen LogP contribution in [0, 0.1) is 11.3 Å². The Bertz CT molecular complexity index is 659. The number of rotatable bonds is 3. The molecule has 1 saturated carbocycles. The van der Waals surface area contributed by atoms with Gasteiger partial charge >= 0.3 is 0 Å². The molecule has 1 aromatic carbocycles. The van der Waals surface area contributed by atoms with E-state index in [0.29, 0.717) is 12.3 Å². The quantitative estimate of drug-likeness (QED) is 0.884. The average molecular weight is 330 g/mol. The van der Waals surface area contributed by atoms with Crippen LogP contribution in [-0.2, 0) is 5.41 Å². The van der Waals surface area contributed by atoms with Crippen molar-refractivity contribution in [2.75, 3.05) is 13.7 Å². The zero-order chi connectivity index (χ0) is 17.7. The van der Waals surface area contributed by atoms with E-state index >= 15 is 0 Å². The third kappa shape index (κ3) is 2.33. The van der Waals surface area contributed by atoms with Crippen molar-refractivity contribution in [3.05, 3.63) is 34.9 Å². The minimum atomic E-state index is -0.644. The van der Waals surface area contributed by atoms with Crippen LogP contribution in [0.25, 0.3) is 6.08 Å². The summed E-state index contributed by atoms with van der Waals surface area (Å²) in [7, 11) is 1.69. The second-order valence-corrected chi connectivity index (χ2v) is 8.41. The maximum Gasteiger partial charge on any atom is 0.122 e. The van der Waals surface area contributed by atoms with Crippen LogP contribution in [-0.4, -0.2) is 30.0 Å². The Morgan fingerprint density at radius 3 is 2.58 bits per heavy atom. The summed E-state index contributed by atoms with van der Waals surface area (Å²) >= 11 is 0. The second kappa shape index (κ2) is 5.89. The van der Waals surface area contributed by atoms with Crippen LogP contribution < -0.4 is 4.74 Å². The van der Waals surface area contributed by atoms with Gasteiger partial charge in [-0.3, -0.25) is 0 Å². The number of benzene rings is 1. The van der Waals surface area contributed by atoms with Gasteiger partial charge in [0, 0.05) is 0 Å². The topological polar surface area (TPSA) is 49.7 Å². The standard InChI is InChI=1S/C21H30O3/c1-13(2)15-10-14-6-7-18-20(3,4)9-8-19(23)21(18,12-22)16(14)11-17(15)24-5/h6-7,10-11,13,18-19,22-23H,8-9,12H2,1-5H3/t18-,19+,21-/m1/s1. The summed E-state index contributed by atoms with van der Waals surface area (Å²) in [5, 5.41) is 21.4. The molecular weight excluding hydrogens is 300 g/mol. The molecule has 1 fully saturated rings. The van der Waals surface area contributed by atoms with Crippen molar-refractivity contribution in [3.8, 4) is 5.75 Å². The van der Waals surface area contributed by atoms with Gasteiger partial charge in [0.05, 0.1) is 25.2 Å². The molecule has 0 bridgehead atoms. The number of aliphatic hydroxyl groups is 2. The van der Waals surface area contributed by atoms with Crippen LogP contribution >= 0.6 is 0 Å². The molecule has 1 aromatic rings. The fourth-order valence-corrected chi connectivity index (χ4v) is 4.88. The molecule has 0 amide bonds. The third-order valence-electron chi connectivity index (χ3n) is 6.31. The highest BCUT2D eigenvalue weighted by atomic mass is 16.5. The number of hydrogen-bond acceptors (Lipinski definition) is 3. The minimum absolute atomic E-state index is 0.0418. The SMILES string of the molecule is COc1cc2c(cc1C(C)C)C=C[C@@H]1C(C)(C)CC[C@H](O)[C@]21CO. The lowest BCUT2D eigenvalue weighted by Gasteiger charge is -2.55. The Hall–Kier alpha value is -1.32. The summed E-state index contributed by atoms with van der Waals surface area (Å²) in [5.41, 5.74) is 2.69. The van der Waals surface area contributed by atoms with Crippen molar-refractivity contribution in [3.63, 3.8) is 0 Å². The summed E-state index contributed by atoms with van der Waals surface area (Å²) in [4.78, 5) is 0. The fraction of sp³-hybridized carbons (Fsp3) is 0.619. The molecule has 0 radical (unpaired) electrons. The molecule has 0 unspecified atom stereocenters. The Labute approximate surface area is 145 Å². The summed E-state index contributed by atoms with van der Waals surface area (Å²) in [6, 6.07) is 4.22. The van der Waals surface area contributed by atoms with Crippen LogP contribution in [0.3, 0.4) is 0 Å². The third-order valence-corrected chi connectivity index (χ3v) is 6.31. The summed E-state index contributed by atoms with van der Waals surface area (Å²) in [6.07, 6.45) is 5.50. The van der Waals surface area contributed by atoms with E-state index in [0.717, 1.165) is 28.9 Å². The Kier molecular flexibility index (Phi) is 4.29. The van der Waals surface area contributed by atoms with Gasteiger partial charge in [0.25, 0.3) is 0 Å². The van der Waals surface area contributed by atoms with Crippen molar-refractivity contribution in [2.24, 2.45) is 11.3 Å². The molecule has 0 saturated heterocycles. The van der Waals surface area contributed by atoms with E-state index in [1.165, 1.54) is 0 Å². The zero-order valence-corrected chi connectivity index (χ0v) is 15.5. The van der Waals surface area contributed by atoms with Crippen LogP contribution in [0.5, 0.6) is 5.75 Å². The number of hydrogen-bond donors (Lipinski definition) is 2. The van der Waals surface area contributed by atoms with Crippen molar-refractivity contribution in [2.45, 2.75) is 58.0 Å². The highest BCUT2D eigenvalue weighted by molar-refractivity contribution is 5.65. The van der Waals surface area contributed by atoms with Crippen molar-refractivity contribution in [1.82, 2.24) is 0 Å². The van der Waals surface area contributed by atoms with Gasteiger partial charge < -0.3 is 14.9 Å². The monoisotopic (exact) mass is 330 g/mol. The molecule has 2 aliphatic carbocycles. The second-order valence-electron chi connectivity index (χ2n) is 8.41. The van der Waals surface area contributed by atoms with Gasteiger partial charge in [-0.2, -0.15) is 0 Å². The molecule has 3 atom stereocenters. The first-order chi connectivity index (χ1) is 11.3. The first-order valence-electron chi connectivity index (χ1n) is 8.97. The lowest BCUT2D eigenvalue weighted by atomic mass is 9.50. The first-order valence-corrected chi connectivity index (χ1v) is 8.97. The van der Waals surface area contributed by atoms with Gasteiger partial charge in [0.2, 0.25) is 0 Å². The molecule has 0 heterocycles. The van der Waals surface area contributed by atoms with Crippen molar-refractivity contribution >= 4 is 6.08 Å². The van der Waals surface area contributed by atoms with Gasteiger partial charge in [-0.25, -0.2) is 0 Å². The van der Waals surface area contributed by atoms with Gasteiger partial charge in [-0.15, -0.1) is 0 Å². The lowest BCUT2D eigenvalue weighted by molar-refractivity contribution is -0.0659. The molecule has 2 aliphatic rings. The largest absolute Gasteiger partial charge is 0.496 e. The van der Waals surface area contributed by atoms with Gasteiger partial charge in [0.15, 0.2) is 0 Å². The van der Waals surface area contributed by atoms with Gasteiger partial charge in [0.1, 0.15) is 5.75 Å². The molecule has 0 spiro atoms. The predicted octanol–water partition coefficient (Wildman–Crippen LogP) is 3.87. The molecule has 2 N–H and O–H groups in total. The average Bonchev–Trinajstić information content (AvgIpc) is 2.56. The Morgan fingerprint density at radius 2 is 2.00 bits per heavy atom. The fourth-order valence-electron chi connectivity index (χ4n) is 4.88. The highest BCUT2D eigenvalue weighted by Gasteiger charge is 2.55. The van der Waals surface area contributed by atoms with E-state index < -0.39 is 11.5 Å². The van der Waals surface area contributed by atoms with Crippen LogP contribution in [0.1, 0.15) is 63.1 Å². The van der Waals surface area contributed by atoms with Crippen LogP contribution in [0.15, 0.2) is 18.2 Å². The number of allylic oxidation sites excluding steroid dienone is 1. The van der Waals surface area contributed by atoms with Crippen molar-refractivity contribution < 1.29 is 14.9 Å². The van der Waals surface area contributed by atoms with E-state index in [-0.39, 0.29) is 17.9 Å². The number of aliphatic hydroxyl groups excluding tert-OH is 2. The normalized spacial score (nSPS) is 30.8.